The van der Waals surface area contributed by atoms with E-state index in [1.807, 2.05) is 6.07 Å². The number of pyridine rings is 1. The first-order valence-corrected chi connectivity index (χ1v) is 4.86. The molecule has 0 amide bonds. The molecule has 80 valence electrons. The fourth-order valence-corrected chi connectivity index (χ4v) is 1.67. The molecule has 3 heteroatoms. The summed E-state index contributed by atoms with van der Waals surface area (Å²) in [6, 6.07) is 5.27. The second-order valence-corrected chi connectivity index (χ2v) is 3.71. The van der Waals surface area contributed by atoms with Crippen molar-refractivity contribution >= 4 is 22.3 Å². The highest BCUT2D eigenvalue weighted by Gasteiger charge is 2.11. The standard InChI is InChI=1S/C13H11NO2/c1-8(2)11-6-10-7-14-4-3-9(10)5-12(11)13(15)16/h3-7H,1H2,2H3,(H,15,16). The Morgan fingerprint density at radius 3 is 2.62 bits per heavy atom. The van der Waals surface area contributed by atoms with Gasteiger partial charge in [-0.1, -0.05) is 12.2 Å². The number of aromatic carboxylic acids is 1. The SMILES string of the molecule is C=C(C)c1cc2cnccc2cc1C(=O)O. The summed E-state index contributed by atoms with van der Waals surface area (Å²) in [5.41, 5.74) is 1.68. The second kappa shape index (κ2) is 3.77. The third-order valence-electron chi connectivity index (χ3n) is 2.47. The van der Waals surface area contributed by atoms with Gasteiger partial charge in [0.1, 0.15) is 0 Å². The van der Waals surface area contributed by atoms with Crippen molar-refractivity contribution in [2.24, 2.45) is 0 Å². The van der Waals surface area contributed by atoms with Gasteiger partial charge < -0.3 is 5.11 Å². The van der Waals surface area contributed by atoms with E-state index in [2.05, 4.69) is 11.6 Å². The molecule has 0 fully saturated rings. The van der Waals surface area contributed by atoms with Gasteiger partial charge in [-0.05, 0) is 36.1 Å². The van der Waals surface area contributed by atoms with Gasteiger partial charge in [-0.3, -0.25) is 4.98 Å². The molecule has 0 aliphatic carbocycles. The minimum absolute atomic E-state index is 0.284. The average Bonchev–Trinajstić information content (AvgIpc) is 2.27. The van der Waals surface area contributed by atoms with Crippen molar-refractivity contribution in [3.8, 4) is 0 Å². The van der Waals surface area contributed by atoms with E-state index in [1.165, 1.54) is 0 Å². The van der Waals surface area contributed by atoms with Gasteiger partial charge in [0.15, 0.2) is 0 Å². The van der Waals surface area contributed by atoms with Crippen molar-refractivity contribution < 1.29 is 9.90 Å². The Hall–Kier alpha value is -2.16. The van der Waals surface area contributed by atoms with Crippen LogP contribution in [-0.2, 0) is 0 Å². The maximum atomic E-state index is 11.1. The highest BCUT2D eigenvalue weighted by molar-refractivity contribution is 5.99. The lowest BCUT2D eigenvalue weighted by molar-refractivity contribution is 0.0696. The van der Waals surface area contributed by atoms with Crippen molar-refractivity contribution in [1.29, 1.82) is 0 Å². The van der Waals surface area contributed by atoms with E-state index in [9.17, 15) is 4.79 Å². The van der Waals surface area contributed by atoms with E-state index in [4.69, 9.17) is 5.11 Å². The summed E-state index contributed by atoms with van der Waals surface area (Å²) < 4.78 is 0. The zero-order valence-corrected chi connectivity index (χ0v) is 8.90. The number of fused-ring (bicyclic) bond motifs is 1. The van der Waals surface area contributed by atoms with Crippen LogP contribution in [0.1, 0.15) is 22.8 Å². The normalized spacial score (nSPS) is 10.3. The van der Waals surface area contributed by atoms with Crippen molar-refractivity contribution in [1.82, 2.24) is 4.98 Å². The van der Waals surface area contributed by atoms with Crippen LogP contribution in [0.5, 0.6) is 0 Å². The summed E-state index contributed by atoms with van der Waals surface area (Å²) in [5.74, 6) is -0.934. The Bertz CT molecular complexity index is 535. The monoisotopic (exact) mass is 213 g/mol. The number of aromatic nitrogens is 1. The Morgan fingerprint density at radius 2 is 2.00 bits per heavy atom. The Labute approximate surface area is 93.1 Å². The fraction of sp³-hybridized carbons (Fsp3) is 0.0769. The Balaban J connectivity index is 2.81. The zero-order valence-electron chi connectivity index (χ0n) is 8.90. The predicted octanol–water partition coefficient (Wildman–Crippen LogP) is 2.97. The van der Waals surface area contributed by atoms with Gasteiger partial charge in [0.25, 0.3) is 0 Å². The van der Waals surface area contributed by atoms with Crippen LogP contribution in [-0.4, -0.2) is 16.1 Å². The molecule has 0 aliphatic heterocycles. The molecule has 0 unspecified atom stereocenters. The Kier molecular flexibility index (Phi) is 2.44. The molecule has 16 heavy (non-hydrogen) atoms. The van der Waals surface area contributed by atoms with Crippen LogP contribution in [0, 0.1) is 0 Å². The molecule has 2 rings (SSSR count). The first-order valence-electron chi connectivity index (χ1n) is 4.86. The molecule has 3 nitrogen and oxygen atoms in total. The summed E-state index contributed by atoms with van der Waals surface area (Å²) in [6.45, 7) is 5.59. The summed E-state index contributed by atoms with van der Waals surface area (Å²) in [7, 11) is 0. The van der Waals surface area contributed by atoms with Gasteiger partial charge in [-0.2, -0.15) is 0 Å². The first-order chi connectivity index (χ1) is 7.59. The quantitative estimate of drug-likeness (QED) is 0.834. The van der Waals surface area contributed by atoms with E-state index in [-0.39, 0.29) is 5.56 Å². The number of rotatable bonds is 2. The van der Waals surface area contributed by atoms with E-state index >= 15 is 0 Å². The molecule has 1 N–H and O–H groups in total. The van der Waals surface area contributed by atoms with E-state index in [0.29, 0.717) is 5.56 Å². The van der Waals surface area contributed by atoms with Crippen LogP contribution >= 0.6 is 0 Å². The topological polar surface area (TPSA) is 50.2 Å². The molecule has 0 saturated heterocycles. The number of nitrogens with zero attached hydrogens (tertiary/aromatic N) is 1. The summed E-state index contributed by atoms with van der Waals surface area (Å²) in [5, 5.41) is 10.9. The van der Waals surface area contributed by atoms with Gasteiger partial charge in [-0.25, -0.2) is 4.79 Å². The third kappa shape index (κ3) is 1.67. The lowest BCUT2D eigenvalue weighted by Gasteiger charge is -2.07. The lowest BCUT2D eigenvalue weighted by atomic mass is 9.98. The number of carbonyl (C=O) groups is 1. The summed E-state index contributed by atoms with van der Waals surface area (Å²) in [6.07, 6.45) is 3.36. The minimum Gasteiger partial charge on any atom is -0.478 e. The Morgan fingerprint density at radius 1 is 1.31 bits per heavy atom. The second-order valence-electron chi connectivity index (χ2n) is 3.71. The van der Waals surface area contributed by atoms with Crippen LogP contribution < -0.4 is 0 Å². The van der Waals surface area contributed by atoms with Crippen molar-refractivity contribution in [3.63, 3.8) is 0 Å². The summed E-state index contributed by atoms with van der Waals surface area (Å²) >= 11 is 0. The lowest BCUT2D eigenvalue weighted by Crippen LogP contribution is -2.01. The van der Waals surface area contributed by atoms with Gasteiger partial charge in [-0.15, -0.1) is 0 Å². The molecule has 1 aromatic carbocycles. The molecule has 0 aliphatic rings. The number of hydrogen-bond donors (Lipinski definition) is 1. The first kappa shape index (κ1) is 10.4. The zero-order chi connectivity index (χ0) is 11.7. The minimum atomic E-state index is -0.934. The van der Waals surface area contributed by atoms with Crippen LogP contribution in [0.15, 0.2) is 37.2 Å². The number of allylic oxidation sites excluding steroid dienone is 1. The van der Waals surface area contributed by atoms with E-state index in [0.717, 1.165) is 16.3 Å². The average molecular weight is 213 g/mol. The van der Waals surface area contributed by atoms with Gasteiger partial charge in [0, 0.05) is 17.8 Å². The molecule has 0 radical (unpaired) electrons. The third-order valence-corrected chi connectivity index (χ3v) is 2.47. The van der Waals surface area contributed by atoms with Crippen LogP contribution in [0.3, 0.4) is 0 Å². The molecule has 0 bridgehead atoms. The maximum absolute atomic E-state index is 11.1. The summed E-state index contributed by atoms with van der Waals surface area (Å²) in [4.78, 5) is 15.1. The molecule has 1 aromatic heterocycles. The smallest absolute Gasteiger partial charge is 0.336 e. The van der Waals surface area contributed by atoms with Crippen LogP contribution in [0.2, 0.25) is 0 Å². The molecule has 0 saturated carbocycles. The number of carboxylic acid groups (broad SMARTS) is 1. The fourth-order valence-electron chi connectivity index (χ4n) is 1.67. The van der Waals surface area contributed by atoms with Crippen LogP contribution in [0.4, 0.5) is 0 Å². The van der Waals surface area contributed by atoms with Gasteiger partial charge in [0.05, 0.1) is 5.56 Å². The predicted molar refractivity (Wildman–Crippen MR) is 63.4 cm³/mol. The van der Waals surface area contributed by atoms with E-state index in [1.54, 1.807) is 31.5 Å². The van der Waals surface area contributed by atoms with Gasteiger partial charge >= 0.3 is 5.97 Å². The molecule has 2 aromatic rings. The van der Waals surface area contributed by atoms with Crippen molar-refractivity contribution in [3.05, 3.63) is 48.3 Å². The molecule has 0 spiro atoms. The van der Waals surface area contributed by atoms with E-state index < -0.39 is 5.97 Å². The van der Waals surface area contributed by atoms with Gasteiger partial charge in [0.2, 0.25) is 0 Å². The highest BCUT2D eigenvalue weighted by Crippen LogP contribution is 2.24. The molecule has 1 heterocycles. The maximum Gasteiger partial charge on any atom is 0.336 e. The number of benzene rings is 1. The molecular formula is C13H11NO2. The number of carboxylic acids is 1. The van der Waals surface area contributed by atoms with Crippen molar-refractivity contribution in [2.75, 3.05) is 0 Å². The highest BCUT2D eigenvalue weighted by atomic mass is 16.4. The molecular weight excluding hydrogens is 202 g/mol. The van der Waals surface area contributed by atoms with Crippen molar-refractivity contribution in [2.45, 2.75) is 6.92 Å². The van der Waals surface area contributed by atoms with Crippen LogP contribution in [0.25, 0.3) is 16.3 Å². The number of hydrogen-bond acceptors (Lipinski definition) is 2. The largest absolute Gasteiger partial charge is 0.478 e. The molecule has 0 atom stereocenters.